The predicted molar refractivity (Wildman–Crippen MR) is 94.2 cm³/mol. The molecular weight excluding hydrogens is 306 g/mol. The van der Waals surface area contributed by atoms with Crippen molar-refractivity contribution in [2.45, 2.75) is 26.0 Å². The molecule has 7 nitrogen and oxygen atoms in total. The van der Waals surface area contributed by atoms with Crippen molar-refractivity contribution in [3.8, 4) is 0 Å². The van der Waals surface area contributed by atoms with E-state index in [2.05, 4.69) is 15.6 Å². The molecule has 24 heavy (non-hydrogen) atoms. The van der Waals surface area contributed by atoms with Gasteiger partial charge in [0, 0.05) is 29.2 Å². The summed E-state index contributed by atoms with van der Waals surface area (Å²) in [5.41, 5.74) is 7.83. The molecule has 0 saturated heterocycles. The number of aromatic nitrogens is 1. The van der Waals surface area contributed by atoms with Gasteiger partial charge >= 0.3 is 6.03 Å². The van der Waals surface area contributed by atoms with Crippen LogP contribution in [0.2, 0.25) is 0 Å². The van der Waals surface area contributed by atoms with Crippen LogP contribution in [0.1, 0.15) is 31.0 Å². The number of anilines is 2. The van der Waals surface area contributed by atoms with Gasteiger partial charge < -0.3 is 21.6 Å². The molecule has 2 aromatic rings. The van der Waals surface area contributed by atoms with Gasteiger partial charge in [-0.15, -0.1) is 0 Å². The van der Waals surface area contributed by atoms with E-state index in [0.717, 1.165) is 5.56 Å². The molecule has 0 spiro atoms. The number of nitrogens with zero attached hydrogens (tertiary/aromatic N) is 1. The second kappa shape index (κ2) is 7.56. The van der Waals surface area contributed by atoms with Crippen LogP contribution in [0.15, 0.2) is 42.6 Å². The molecule has 1 aromatic carbocycles. The van der Waals surface area contributed by atoms with Gasteiger partial charge in [-0.1, -0.05) is 30.3 Å². The number of carbonyl (C=O) groups is 1. The highest BCUT2D eigenvalue weighted by molar-refractivity contribution is 6.01. The number of rotatable bonds is 5. The van der Waals surface area contributed by atoms with Gasteiger partial charge in [-0.3, -0.25) is 5.32 Å². The summed E-state index contributed by atoms with van der Waals surface area (Å²) >= 11 is 0. The summed E-state index contributed by atoms with van der Waals surface area (Å²) in [6, 6.07) is 9.64. The fourth-order valence-electron chi connectivity index (χ4n) is 2.29. The van der Waals surface area contributed by atoms with Crippen LogP contribution in [-0.2, 0) is 0 Å². The second-order valence-corrected chi connectivity index (χ2v) is 5.51. The van der Waals surface area contributed by atoms with Crippen LogP contribution < -0.4 is 16.4 Å². The summed E-state index contributed by atoms with van der Waals surface area (Å²) < 4.78 is 0. The lowest BCUT2D eigenvalue weighted by Crippen LogP contribution is -2.38. The lowest BCUT2D eigenvalue weighted by molar-refractivity contribution is 0.148. The normalized spacial score (nSPS) is 13.0. The van der Waals surface area contributed by atoms with Gasteiger partial charge in [-0.2, -0.15) is 0 Å². The number of carbonyl (C=O) groups excluding carboxylic acids is 1. The summed E-state index contributed by atoms with van der Waals surface area (Å²) in [4.78, 5) is 16.2. The first-order chi connectivity index (χ1) is 11.4. The maximum atomic E-state index is 12.2. The van der Waals surface area contributed by atoms with Crippen molar-refractivity contribution in [1.82, 2.24) is 10.3 Å². The average Bonchev–Trinajstić information content (AvgIpc) is 2.53. The fourth-order valence-corrected chi connectivity index (χ4v) is 2.29. The smallest absolute Gasteiger partial charge is 0.320 e. The number of nitrogens with one attached hydrogen (secondary N) is 3. The Labute approximate surface area is 140 Å². The minimum atomic E-state index is -0.765. The molecule has 2 amide bonds. The molecule has 0 radical (unpaired) electrons. The molecule has 6 N–H and O–H groups in total. The molecule has 0 aliphatic carbocycles. The number of nitrogen functional groups attached to an aromatic ring is 1. The molecule has 0 aliphatic rings. The lowest BCUT2D eigenvalue weighted by atomic mass is 10.0. The first-order valence-electron chi connectivity index (χ1n) is 7.50. The summed E-state index contributed by atoms with van der Waals surface area (Å²) in [6.45, 7) is 3.22. The van der Waals surface area contributed by atoms with Crippen molar-refractivity contribution in [2.75, 3.05) is 11.1 Å². The summed E-state index contributed by atoms with van der Waals surface area (Å²) in [5, 5.41) is 22.8. The molecule has 0 fully saturated rings. The van der Waals surface area contributed by atoms with Gasteiger partial charge in [0.15, 0.2) is 0 Å². The highest BCUT2D eigenvalue weighted by Crippen LogP contribution is 2.18. The topological polar surface area (TPSA) is 124 Å². The Bertz CT molecular complexity index is 731. The number of benzene rings is 1. The van der Waals surface area contributed by atoms with Crippen LogP contribution in [0.5, 0.6) is 0 Å². The predicted octanol–water partition coefficient (Wildman–Crippen LogP) is 2.30. The van der Waals surface area contributed by atoms with E-state index in [9.17, 15) is 9.90 Å². The third-order valence-electron chi connectivity index (χ3n) is 3.51. The van der Waals surface area contributed by atoms with Crippen molar-refractivity contribution in [2.24, 2.45) is 0 Å². The summed E-state index contributed by atoms with van der Waals surface area (Å²) in [6.07, 6.45) is 0.676. The number of aliphatic hydroxyl groups is 1. The highest BCUT2D eigenvalue weighted by atomic mass is 16.3. The fraction of sp³-hybridized carbons (Fsp3) is 0.235. The number of amides is 2. The molecular formula is C17H21N5O2. The molecule has 2 atom stereocenters. The molecule has 0 aliphatic heterocycles. The Morgan fingerprint density at radius 2 is 2.00 bits per heavy atom. The maximum absolute atomic E-state index is 12.2. The third kappa shape index (κ3) is 4.30. The number of aliphatic hydroxyl groups excluding tert-OH is 1. The summed E-state index contributed by atoms with van der Waals surface area (Å²) in [5.74, 6) is 0.271. The van der Waals surface area contributed by atoms with Gasteiger partial charge in [0.1, 0.15) is 5.82 Å². The van der Waals surface area contributed by atoms with Crippen LogP contribution in [0.4, 0.5) is 16.3 Å². The Kier molecular flexibility index (Phi) is 5.49. The molecule has 2 rings (SSSR count). The number of hydrogen-bond donors (Lipinski definition) is 5. The molecule has 0 bridgehead atoms. The third-order valence-corrected chi connectivity index (χ3v) is 3.51. The van der Waals surface area contributed by atoms with E-state index in [4.69, 9.17) is 11.1 Å². The minimum Gasteiger partial charge on any atom is -0.398 e. The Morgan fingerprint density at radius 3 is 2.54 bits per heavy atom. The number of nitrogens with two attached hydrogens (primary N) is 1. The van der Waals surface area contributed by atoms with E-state index in [1.165, 1.54) is 12.3 Å². The van der Waals surface area contributed by atoms with Crippen LogP contribution in [0.25, 0.3) is 0 Å². The lowest BCUT2D eigenvalue weighted by Gasteiger charge is -2.22. The molecule has 1 heterocycles. The average molecular weight is 327 g/mol. The van der Waals surface area contributed by atoms with Crippen molar-refractivity contribution >= 4 is 23.2 Å². The maximum Gasteiger partial charge on any atom is 0.320 e. The molecule has 7 heteroatoms. The zero-order chi connectivity index (χ0) is 17.7. The SMILES string of the molecule is CC(=N)c1cnc(NC(=O)NC(c2ccccc2)C(C)O)cc1N. The zero-order valence-electron chi connectivity index (χ0n) is 13.6. The van der Waals surface area contributed by atoms with Gasteiger partial charge in [0.25, 0.3) is 0 Å². The highest BCUT2D eigenvalue weighted by Gasteiger charge is 2.19. The van der Waals surface area contributed by atoms with Gasteiger partial charge in [0.2, 0.25) is 0 Å². The van der Waals surface area contributed by atoms with E-state index in [1.807, 2.05) is 30.3 Å². The molecule has 2 unspecified atom stereocenters. The first-order valence-corrected chi connectivity index (χ1v) is 7.50. The molecule has 126 valence electrons. The molecule has 0 saturated carbocycles. The quantitative estimate of drug-likeness (QED) is 0.540. The summed E-state index contributed by atoms with van der Waals surface area (Å²) in [7, 11) is 0. The van der Waals surface area contributed by atoms with Gasteiger partial charge in [0.05, 0.1) is 12.1 Å². The van der Waals surface area contributed by atoms with Gasteiger partial charge in [-0.05, 0) is 19.4 Å². The zero-order valence-corrected chi connectivity index (χ0v) is 13.6. The van der Waals surface area contributed by atoms with E-state index >= 15 is 0 Å². The second-order valence-electron chi connectivity index (χ2n) is 5.51. The van der Waals surface area contributed by atoms with E-state index in [-0.39, 0.29) is 5.82 Å². The largest absolute Gasteiger partial charge is 0.398 e. The van der Waals surface area contributed by atoms with Crippen LogP contribution >= 0.6 is 0 Å². The Hall–Kier alpha value is -2.93. The molecule has 1 aromatic heterocycles. The first kappa shape index (κ1) is 17.4. The van der Waals surface area contributed by atoms with Crippen molar-refractivity contribution in [3.63, 3.8) is 0 Å². The number of pyridine rings is 1. The van der Waals surface area contributed by atoms with Crippen LogP contribution in [0.3, 0.4) is 0 Å². The monoisotopic (exact) mass is 327 g/mol. The van der Waals surface area contributed by atoms with Crippen molar-refractivity contribution in [3.05, 3.63) is 53.7 Å². The number of hydrogen-bond acceptors (Lipinski definition) is 5. The van der Waals surface area contributed by atoms with Crippen molar-refractivity contribution in [1.29, 1.82) is 5.41 Å². The standard InChI is InChI=1S/C17H21N5O2/c1-10(18)13-9-20-15(8-14(13)19)21-17(24)22-16(11(2)23)12-6-4-3-5-7-12/h3-9,11,16,18,23H,1-2H3,(H4,19,20,21,22,24). The van der Waals surface area contributed by atoms with E-state index < -0.39 is 18.2 Å². The van der Waals surface area contributed by atoms with E-state index in [0.29, 0.717) is 17.0 Å². The van der Waals surface area contributed by atoms with Crippen LogP contribution in [-0.4, -0.2) is 27.9 Å². The minimum absolute atomic E-state index is 0.271. The number of urea groups is 1. The van der Waals surface area contributed by atoms with E-state index in [1.54, 1.807) is 13.8 Å². The van der Waals surface area contributed by atoms with Crippen molar-refractivity contribution < 1.29 is 9.90 Å². The van der Waals surface area contributed by atoms with Crippen LogP contribution in [0, 0.1) is 5.41 Å². The van der Waals surface area contributed by atoms with Gasteiger partial charge in [-0.25, -0.2) is 9.78 Å². The Morgan fingerprint density at radius 1 is 1.33 bits per heavy atom. The Balaban J connectivity index is 2.09.